The van der Waals surface area contributed by atoms with Crippen LogP contribution in [0, 0.1) is 17.3 Å². The summed E-state index contributed by atoms with van der Waals surface area (Å²) in [6.45, 7) is 14.3. The maximum Gasteiger partial charge on any atom is -0.00159 e. The van der Waals surface area contributed by atoms with Crippen LogP contribution in [0.1, 0.15) is 72.6 Å². The molecule has 2 heteroatoms. The molecule has 0 bridgehead atoms. The number of hydrogen-bond donors (Lipinski definition) is 1. The lowest BCUT2D eigenvalue weighted by Crippen LogP contribution is -2.38. The van der Waals surface area contributed by atoms with Gasteiger partial charge in [-0.15, -0.1) is 0 Å². The van der Waals surface area contributed by atoms with Crippen LogP contribution >= 0.6 is 0 Å². The largest absolute Gasteiger partial charge is 0.330 e. The zero-order valence-corrected chi connectivity index (χ0v) is 14.5. The standard InChI is InChI=1S/C18H38N2/c1-5-7-16(9-12-19)8-6-13-20-14-10-17(11-15-20)18(2,3)4/h16-17H,5-15,19H2,1-4H3. The number of nitrogens with two attached hydrogens (primary N) is 1. The van der Waals surface area contributed by atoms with Crippen LogP contribution in [-0.4, -0.2) is 31.1 Å². The Balaban J connectivity index is 2.17. The Bertz CT molecular complexity index is 230. The molecule has 0 aromatic rings. The number of nitrogens with zero attached hydrogens (tertiary/aromatic N) is 1. The van der Waals surface area contributed by atoms with E-state index in [1.165, 1.54) is 64.6 Å². The van der Waals surface area contributed by atoms with Crippen molar-refractivity contribution in [1.29, 1.82) is 0 Å². The molecule has 1 aliphatic heterocycles. The van der Waals surface area contributed by atoms with Crippen molar-refractivity contribution in [2.75, 3.05) is 26.2 Å². The second kappa shape index (κ2) is 9.04. The first-order chi connectivity index (χ1) is 9.47. The highest BCUT2D eigenvalue weighted by molar-refractivity contribution is 4.80. The van der Waals surface area contributed by atoms with E-state index < -0.39 is 0 Å². The van der Waals surface area contributed by atoms with Gasteiger partial charge in [-0.3, -0.25) is 0 Å². The minimum atomic E-state index is 0.499. The fourth-order valence-corrected chi connectivity index (χ4v) is 3.70. The fraction of sp³-hybridized carbons (Fsp3) is 1.00. The summed E-state index contributed by atoms with van der Waals surface area (Å²) in [5, 5.41) is 0. The zero-order chi connectivity index (χ0) is 15.0. The third-order valence-electron chi connectivity index (χ3n) is 5.17. The van der Waals surface area contributed by atoms with Gasteiger partial charge in [-0.2, -0.15) is 0 Å². The van der Waals surface area contributed by atoms with Crippen LogP contribution in [-0.2, 0) is 0 Å². The van der Waals surface area contributed by atoms with Crippen LogP contribution in [0.4, 0.5) is 0 Å². The van der Waals surface area contributed by atoms with Crippen molar-refractivity contribution in [2.45, 2.75) is 72.6 Å². The van der Waals surface area contributed by atoms with Gasteiger partial charge in [0, 0.05) is 0 Å². The number of piperidine rings is 1. The van der Waals surface area contributed by atoms with Crippen molar-refractivity contribution in [3.05, 3.63) is 0 Å². The molecule has 0 saturated carbocycles. The lowest BCUT2D eigenvalue weighted by Gasteiger charge is -2.38. The zero-order valence-electron chi connectivity index (χ0n) is 14.5. The SMILES string of the molecule is CCCC(CCN)CCCN1CCC(C(C)(C)C)CC1. The predicted octanol–water partition coefficient (Wildman–Crippen LogP) is 4.29. The van der Waals surface area contributed by atoms with Gasteiger partial charge in [0.25, 0.3) is 0 Å². The topological polar surface area (TPSA) is 29.3 Å². The molecule has 1 rings (SSSR count). The molecule has 2 nitrogen and oxygen atoms in total. The second-order valence-corrected chi connectivity index (χ2v) is 7.86. The molecule has 0 spiro atoms. The lowest BCUT2D eigenvalue weighted by atomic mass is 9.75. The Morgan fingerprint density at radius 2 is 1.75 bits per heavy atom. The maximum absolute atomic E-state index is 5.72. The smallest absolute Gasteiger partial charge is 0.00159 e. The van der Waals surface area contributed by atoms with E-state index in [2.05, 4.69) is 32.6 Å². The second-order valence-electron chi connectivity index (χ2n) is 7.86. The van der Waals surface area contributed by atoms with E-state index in [1.807, 2.05) is 0 Å². The van der Waals surface area contributed by atoms with Crippen molar-refractivity contribution in [3.63, 3.8) is 0 Å². The highest BCUT2D eigenvalue weighted by atomic mass is 15.1. The van der Waals surface area contributed by atoms with E-state index in [0.717, 1.165) is 18.4 Å². The molecule has 2 N–H and O–H groups in total. The van der Waals surface area contributed by atoms with Crippen LogP contribution in [0.2, 0.25) is 0 Å². The molecule has 1 atom stereocenters. The van der Waals surface area contributed by atoms with Crippen molar-refractivity contribution < 1.29 is 0 Å². The molecule has 20 heavy (non-hydrogen) atoms. The maximum atomic E-state index is 5.72. The number of hydrogen-bond acceptors (Lipinski definition) is 2. The van der Waals surface area contributed by atoms with Gasteiger partial charge < -0.3 is 10.6 Å². The summed E-state index contributed by atoms with van der Waals surface area (Å²) in [7, 11) is 0. The number of likely N-dealkylation sites (tertiary alicyclic amines) is 1. The summed E-state index contributed by atoms with van der Waals surface area (Å²) in [6.07, 6.45) is 9.43. The van der Waals surface area contributed by atoms with E-state index >= 15 is 0 Å². The highest BCUT2D eigenvalue weighted by Gasteiger charge is 2.28. The van der Waals surface area contributed by atoms with Gasteiger partial charge in [0.2, 0.25) is 0 Å². The Morgan fingerprint density at radius 1 is 1.10 bits per heavy atom. The van der Waals surface area contributed by atoms with E-state index in [4.69, 9.17) is 5.73 Å². The van der Waals surface area contributed by atoms with Gasteiger partial charge in [0.1, 0.15) is 0 Å². The molecule has 1 unspecified atom stereocenters. The lowest BCUT2D eigenvalue weighted by molar-refractivity contribution is 0.110. The number of rotatable bonds is 8. The average molecular weight is 283 g/mol. The molecule has 0 aromatic heterocycles. The van der Waals surface area contributed by atoms with Crippen LogP contribution in [0.15, 0.2) is 0 Å². The first kappa shape index (κ1) is 18.0. The van der Waals surface area contributed by atoms with E-state index in [1.54, 1.807) is 0 Å². The monoisotopic (exact) mass is 282 g/mol. The van der Waals surface area contributed by atoms with Gasteiger partial charge >= 0.3 is 0 Å². The van der Waals surface area contributed by atoms with Gasteiger partial charge in [-0.25, -0.2) is 0 Å². The molecular formula is C18H38N2. The Morgan fingerprint density at radius 3 is 2.25 bits per heavy atom. The molecule has 0 amide bonds. The van der Waals surface area contributed by atoms with Crippen LogP contribution in [0.5, 0.6) is 0 Å². The molecule has 1 aliphatic rings. The summed E-state index contributed by atoms with van der Waals surface area (Å²) in [5.41, 5.74) is 6.22. The molecule has 0 radical (unpaired) electrons. The quantitative estimate of drug-likeness (QED) is 0.719. The van der Waals surface area contributed by atoms with Crippen LogP contribution < -0.4 is 5.73 Å². The van der Waals surface area contributed by atoms with Crippen LogP contribution in [0.3, 0.4) is 0 Å². The van der Waals surface area contributed by atoms with E-state index in [9.17, 15) is 0 Å². The molecule has 1 fully saturated rings. The van der Waals surface area contributed by atoms with Gasteiger partial charge in [0.15, 0.2) is 0 Å². The van der Waals surface area contributed by atoms with E-state index in [-0.39, 0.29) is 0 Å². The summed E-state index contributed by atoms with van der Waals surface area (Å²) in [4.78, 5) is 2.69. The minimum Gasteiger partial charge on any atom is -0.330 e. The van der Waals surface area contributed by atoms with Gasteiger partial charge in [-0.05, 0) is 75.5 Å². The van der Waals surface area contributed by atoms with Gasteiger partial charge in [0.05, 0.1) is 0 Å². The summed E-state index contributed by atoms with van der Waals surface area (Å²) in [6, 6.07) is 0. The third-order valence-corrected chi connectivity index (χ3v) is 5.17. The molecule has 1 heterocycles. The molecular weight excluding hydrogens is 244 g/mol. The summed E-state index contributed by atoms with van der Waals surface area (Å²) >= 11 is 0. The van der Waals surface area contributed by atoms with Gasteiger partial charge in [-0.1, -0.05) is 40.5 Å². The Hall–Kier alpha value is -0.0800. The molecule has 1 saturated heterocycles. The minimum absolute atomic E-state index is 0.499. The third kappa shape index (κ3) is 6.58. The normalized spacial score (nSPS) is 20.2. The Labute approximate surface area is 127 Å². The first-order valence-corrected chi connectivity index (χ1v) is 8.89. The fourth-order valence-electron chi connectivity index (χ4n) is 3.70. The van der Waals surface area contributed by atoms with Crippen molar-refractivity contribution in [3.8, 4) is 0 Å². The highest BCUT2D eigenvalue weighted by Crippen LogP contribution is 2.34. The van der Waals surface area contributed by atoms with Crippen LogP contribution in [0.25, 0.3) is 0 Å². The summed E-state index contributed by atoms with van der Waals surface area (Å²) < 4.78 is 0. The predicted molar refractivity (Wildman–Crippen MR) is 89.9 cm³/mol. The molecule has 120 valence electrons. The average Bonchev–Trinajstić information content (AvgIpc) is 2.39. The van der Waals surface area contributed by atoms with E-state index in [0.29, 0.717) is 5.41 Å². The molecule has 0 aromatic carbocycles. The van der Waals surface area contributed by atoms with Crippen molar-refractivity contribution >= 4 is 0 Å². The molecule has 0 aliphatic carbocycles. The van der Waals surface area contributed by atoms with Crippen molar-refractivity contribution in [2.24, 2.45) is 23.0 Å². The van der Waals surface area contributed by atoms with Crippen molar-refractivity contribution in [1.82, 2.24) is 4.90 Å². The summed E-state index contributed by atoms with van der Waals surface area (Å²) in [5.74, 6) is 1.79. The first-order valence-electron chi connectivity index (χ1n) is 8.89. The Kier molecular flexibility index (Phi) is 8.13.